The first-order chi connectivity index (χ1) is 9.86. The molecule has 20 heavy (non-hydrogen) atoms. The van der Waals surface area contributed by atoms with Gasteiger partial charge in [0.2, 0.25) is 0 Å². The van der Waals surface area contributed by atoms with E-state index in [2.05, 4.69) is 48.5 Å². The van der Waals surface area contributed by atoms with Crippen LogP contribution in [0.1, 0.15) is 5.56 Å². The van der Waals surface area contributed by atoms with E-state index in [1.807, 2.05) is 18.2 Å². The Hall–Kier alpha value is -2.38. The Kier molecular flexibility index (Phi) is 2.48. The molecule has 0 saturated carbocycles. The van der Waals surface area contributed by atoms with E-state index in [0.717, 1.165) is 16.3 Å². The minimum absolute atomic E-state index is 0.0657. The standard InChI is InChI=1S/C19H14O/c20-12-19-17-8-4-3-7-15(17)10-16-9-13-5-1-2-6-14(13)11-18(16)19/h1-11,20H,12H2. The zero-order valence-corrected chi connectivity index (χ0v) is 11.0. The molecule has 0 atom stereocenters. The van der Waals surface area contributed by atoms with Gasteiger partial charge < -0.3 is 5.11 Å². The lowest BCUT2D eigenvalue weighted by Crippen LogP contribution is -1.89. The van der Waals surface area contributed by atoms with E-state index >= 15 is 0 Å². The van der Waals surface area contributed by atoms with Crippen molar-refractivity contribution >= 4 is 32.3 Å². The molecule has 0 saturated heterocycles. The van der Waals surface area contributed by atoms with Crippen LogP contribution < -0.4 is 0 Å². The molecule has 96 valence electrons. The van der Waals surface area contributed by atoms with Gasteiger partial charge in [0.25, 0.3) is 0 Å². The van der Waals surface area contributed by atoms with Crippen LogP contribution in [0.15, 0.2) is 66.7 Å². The second-order valence-electron chi connectivity index (χ2n) is 5.15. The summed E-state index contributed by atoms with van der Waals surface area (Å²) in [5.74, 6) is 0. The Bertz CT molecular complexity index is 933. The van der Waals surface area contributed by atoms with Crippen molar-refractivity contribution in [2.24, 2.45) is 0 Å². The molecule has 0 fully saturated rings. The van der Waals surface area contributed by atoms with Crippen molar-refractivity contribution in [3.8, 4) is 0 Å². The van der Waals surface area contributed by atoms with Crippen molar-refractivity contribution < 1.29 is 5.11 Å². The second kappa shape index (κ2) is 4.32. The average molecular weight is 258 g/mol. The molecule has 0 amide bonds. The molecule has 0 heterocycles. The molecule has 1 nitrogen and oxygen atoms in total. The zero-order chi connectivity index (χ0) is 13.5. The van der Waals surface area contributed by atoms with Crippen molar-refractivity contribution in [1.82, 2.24) is 0 Å². The highest BCUT2D eigenvalue weighted by Gasteiger charge is 2.07. The minimum atomic E-state index is 0.0657. The molecule has 0 aliphatic carbocycles. The lowest BCUT2D eigenvalue weighted by molar-refractivity contribution is 0.285. The van der Waals surface area contributed by atoms with Crippen LogP contribution in [0.25, 0.3) is 32.3 Å². The Morgan fingerprint density at radius 2 is 1.20 bits per heavy atom. The third-order valence-corrected chi connectivity index (χ3v) is 4.00. The fraction of sp³-hybridized carbons (Fsp3) is 0.0526. The average Bonchev–Trinajstić information content (AvgIpc) is 2.50. The van der Waals surface area contributed by atoms with E-state index in [0.29, 0.717) is 0 Å². The highest BCUT2D eigenvalue weighted by molar-refractivity contribution is 6.07. The summed E-state index contributed by atoms with van der Waals surface area (Å²) in [5.41, 5.74) is 1.02. The Morgan fingerprint density at radius 3 is 1.95 bits per heavy atom. The second-order valence-corrected chi connectivity index (χ2v) is 5.15. The van der Waals surface area contributed by atoms with Crippen molar-refractivity contribution in [2.75, 3.05) is 0 Å². The van der Waals surface area contributed by atoms with Gasteiger partial charge >= 0.3 is 0 Å². The predicted molar refractivity (Wildman–Crippen MR) is 84.9 cm³/mol. The molecule has 4 rings (SSSR count). The van der Waals surface area contributed by atoms with Gasteiger partial charge in [-0.3, -0.25) is 0 Å². The number of hydrogen-bond acceptors (Lipinski definition) is 1. The maximum atomic E-state index is 9.81. The van der Waals surface area contributed by atoms with Gasteiger partial charge in [0, 0.05) is 0 Å². The number of aliphatic hydroxyl groups is 1. The Morgan fingerprint density at radius 1 is 0.600 bits per heavy atom. The van der Waals surface area contributed by atoms with Crippen LogP contribution in [-0.2, 0) is 6.61 Å². The number of rotatable bonds is 1. The predicted octanol–water partition coefficient (Wildman–Crippen LogP) is 4.64. The number of hydrogen-bond donors (Lipinski definition) is 1. The lowest BCUT2D eigenvalue weighted by Gasteiger charge is -2.10. The molecule has 0 aromatic heterocycles. The van der Waals surface area contributed by atoms with Crippen LogP contribution in [0.5, 0.6) is 0 Å². The molecule has 4 aromatic carbocycles. The summed E-state index contributed by atoms with van der Waals surface area (Å²) in [6.07, 6.45) is 0. The first kappa shape index (κ1) is 11.4. The summed E-state index contributed by atoms with van der Waals surface area (Å²) >= 11 is 0. The van der Waals surface area contributed by atoms with E-state index in [1.54, 1.807) is 0 Å². The SMILES string of the molecule is OCc1c2ccccc2cc2cc3ccccc3cc12. The quantitative estimate of drug-likeness (QED) is 0.493. The third kappa shape index (κ3) is 1.60. The van der Waals surface area contributed by atoms with Gasteiger partial charge in [0.15, 0.2) is 0 Å². The first-order valence-electron chi connectivity index (χ1n) is 6.81. The van der Waals surface area contributed by atoms with Gasteiger partial charge in [-0.05, 0) is 56.1 Å². The van der Waals surface area contributed by atoms with Crippen molar-refractivity contribution in [2.45, 2.75) is 6.61 Å². The molecular formula is C19H14O. The van der Waals surface area contributed by atoms with Crippen LogP contribution in [0, 0.1) is 0 Å². The molecule has 0 aliphatic heterocycles. The molecule has 0 spiro atoms. The molecule has 4 aromatic rings. The van der Waals surface area contributed by atoms with Gasteiger partial charge in [0.05, 0.1) is 6.61 Å². The molecule has 0 bridgehead atoms. The van der Waals surface area contributed by atoms with E-state index in [-0.39, 0.29) is 6.61 Å². The summed E-state index contributed by atoms with van der Waals surface area (Å²) in [6, 6.07) is 23.2. The third-order valence-electron chi connectivity index (χ3n) is 4.00. The van der Waals surface area contributed by atoms with Gasteiger partial charge in [-0.15, -0.1) is 0 Å². The van der Waals surface area contributed by atoms with Crippen LogP contribution in [0.3, 0.4) is 0 Å². The maximum absolute atomic E-state index is 9.81. The van der Waals surface area contributed by atoms with Crippen LogP contribution in [-0.4, -0.2) is 5.11 Å². The van der Waals surface area contributed by atoms with E-state index in [1.165, 1.54) is 21.5 Å². The first-order valence-corrected chi connectivity index (χ1v) is 6.81. The van der Waals surface area contributed by atoms with Crippen molar-refractivity contribution in [1.29, 1.82) is 0 Å². The number of benzene rings is 4. The summed E-state index contributed by atoms with van der Waals surface area (Å²) in [4.78, 5) is 0. The van der Waals surface area contributed by atoms with E-state index in [4.69, 9.17) is 0 Å². The van der Waals surface area contributed by atoms with E-state index < -0.39 is 0 Å². The normalized spacial score (nSPS) is 11.4. The van der Waals surface area contributed by atoms with Crippen LogP contribution in [0.4, 0.5) is 0 Å². The highest BCUT2D eigenvalue weighted by atomic mass is 16.3. The number of aliphatic hydroxyl groups excluding tert-OH is 1. The van der Waals surface area contributed by atoms with Gasteiger partial charge in [-0.1, -0.05) is 48.5 Å². The van der Waals surface area contributed by atoms with Gasteiger partial charge in [-0.2, -0.15) is 0 Å². The Labute approximate surface area is 117 Å². The van der Waals surface area contributed by atoms with Crippen LogP contribution in [0.2, 0.25) is 0 Å². The summed E-state index contributed by atoms with van der Waals surface area (Å²) < 4.78 is 0. The molecule has 0 radical (unpaired) electrons. The van der Waals surface area contributed by atoms with Gasteiger partial charge in [-0.25, -0.2) is 0 Å². The van der Waals surface area contributed by atoms with Crippen molar-refractivity contribution in [3.63, 3.8) is 0 Å². The molecular weight excluding hydrogens is 244 g/mol. The fourth-order valence-corrected chi connectivity index (χ4v) is 3.02. The Balaban J connectivity index is 2.25. The molecule has 0 unspecified atom stereocenters. The van der Waals surface area contributed by atoms with Crippen LogP contribution >= 0.6 is 0 Å². The highest BCUT2D eigenvalue weighted by Crippen LogP contribution is 2.31. The lowest BCUT2D eigenvalue weighted by atomic mass is 9.95. The fourth-order valence-electron chi connectivity index (χ4n) is 3.02. The van der Waals surface area contributed by atoms with Gasteiger partial charge in [0.1, 0.15) is 0 Å². The summed E-state index contributed by atoms with van der Waals surface area (Å²) in [5, 5.41) is 16.9. The topological polar surface area (TPSA) is 20.2 Å². The molecule has 1 heteroatoms. The van der Waals surface area contributed by atoms with Crippen molar-refractivity contribution in [3.05, 3.63) is 72.3 Å². The molecule has 0 aliphatic rings. The number of fused-ring (bicyclic) bond motifs is 3. The largest absolute Gasteiger partial charge is 0.392 e. The maximum Gasteiger partial charge on any atom is 0.0693 e. The summed E-state index contributed by atoms with van der Waals surface area (Å²) in [6.45, 7) is 0.0657. The minimum Gasteiger partial charge on any atom is -0.392 e. The zero-order valence-electron chi connectivity index (χ0n) is 11.0. The molecule has 1 N–H and O–H groups in total. The van der Waals surface area contributed by atoms with E-state index in [9.17, 15) is 5.11 Å². The smallest absolute Gasteiger partial charge is 0.0693 e. The summed E-state index contributed by atoms with van der Waals surface area (Å²) in [7, 11) is 0. The monoisotopic (exact) mass is 258 g/mol.